The van der Waals surface area contributed by atoms with Crippen molar-refractivity contribution in [2.45, 2.75) is 18.8 Å². The van der Waals surface area contributed by atoms with Crippen molar-refractivity contribution in [3.8, 4) is 5.75 Å². The van der Waals surface area contributed by atoms with E-state index >= 15 is 0 Å². The van der Waals surface area contributed by atoms with Crippen molar-refractivity contribution in [1.29, 1.82) is 0 Å². The van der Waals surface area contributed by atoms with Gasteiger partial charge in [0.15, 0.2) is 0 Å². The van der Waals surface area contributed by atoms with Crippen molar-refractivity contribution in [2.75, 3.05) is 6.61 Å². The number of hydrogen-bond acceptors (Lipinski definition) is 2. The van der Waals surface area contributed by atoms with Crippen molar-refractivity contribution in [3.63, 3.8) is 0 Å². The molecule has 1 aliphatic rings. The Bertz CT molecular complexity index is 373. The molecule has 1 atom stereocenters. The van der Waals surface area contributed by atoms with E-state index in [1.54, 1.807) is 0 Å². The summed E-state index contributed by atoms with van der Waals surface area (Å²) in [7, 11) is 0. The number of carboxylic acids is 1. The van der Waals surface area contributed by atoms with Crippen LogP contribution in [0.15, 0.2) is 24.3 Å². The molecule has 0 aromatic heterocycles. The summed E-state index contributed by atoms with van der Waals surface area (Å²) in [6, 6.07) is 7.62. The van der Waals surface area contributed by atoms with E-state index < -0.39 is 5.97 Å². The van der Waals surface area contributed by atoms with Crippen molar-refractivity contribution in [2.24, 2.45) is 0 Å². The van der Waals surface area contributed by atoms with Gasteiger partial charge in [0.1, 0.15) is 5.75 Å². The van der Waals surface area contributed by atoms with E-state index in [2.05, 4.69) is 0 Å². The highest BCUT2D eigenvalue weighted by atomic mass is 16.5. The van der Waals surface area contributed by atoms with Crippen LogP contribution in [0.25, 0.3) is 0 Å². The highest BCUT2D eigenvalue weighted by Crippen LogP contribution is 2.40. The minimum absolute atomic E-state index is 0.115. The van der Waals surface area contributed by atoms with Gasteiger partial charge in [-0.3, -0.25) is 4.79 Å². The molecule has 0 saturated carbocycles. The van der Waals surface area contributed by atoms with Crippen molar-refractivity contribution >= 4 is 5.97 Å². The molecule has 74 valence electrons. The first kappa shape index (κ1) is 9.06. The first-order valence-electron chi connectivity index (χ1n) is 4.56. The molecule has 3 nitrogen and oxygen atoms in total. The maximum absolute atomic E-state index is 10.7. The van der Waals surface area contributed by atoms with E-state index in [0.29, 0.717) is 6.61 Å². The van der Waals surface area contributed by atoms with Crippen molar-refractivity contribution in [1.82, 2.24) is 0 Å². The Hall–Kier alpha value is -1.51. The van der Waals surface area contributed by atoms with Crippen LogP contribution in [0.2, 0.25) is 0 Å². The number of hydrogen-bond donors (Lipinski definition) is 1. The maximum atomic E-state index is 10.7. The molecule has 3 heteroatoms. The van der Waals surface area contributed by atoms with E-state index in [1.807, 2.05) is 31.2 Å². The third-order valence-electron chi connectivity index (χ3n) is 2.62. The van der Waals surface area contributed by atoms with E-state index in [9.17, 15) is 4.79 Å². The van der Waals surface area contributed by atoms with Crippen LogP contribution in [-0.4, -0.2) is 17.7 Å². The van der Waals surface area contributed by atoms with Gasteiger partial charge in [-0.05, 0) is 6.07 Å². The fourth-order valence-electron chi connectivity index (χ4n) is 1.89. The Balaban J connectivity index is 2.37. The first-order chi connectivity index (χ1) is 6.62. The van der Waals surface area contributed by atoms with Gasteiger partial charge in [-0.25, -0.2) is 0 Å². The van der Waals surface area contributed by atoms with Gasteiger partial charge in [0.25, 0.3) is 0 Å². The van der Waals surface area contributed by atoms with Crippen LogP contribution in [0.1, 0.15) is 18.9 Å². The third-order valence-corrected chi connectivity index (χ3v) is 2.62. The molecule has 2 rings (SSSR count). The van der Waals surface area contributed by atoms with E-state index in [1.165, 1.54) is 0 Å². The summed E-state index contributed by atoms with van der Waals surface area (Å²) < 4.78 is 5.45. The van der Waals surface area contributed by atoms with Gasteiger partial charge in [-0.2, -0.15) is 0 Å². The Morgan fingerprint density at radius 2 is 2.29 bits per heavy atom. The minimum atomic E-state index is -0.784. The van der Waals surface area contributed by atoms with Crippen LogP contribution in [0.5, 0.6) is 5.75 Å². The van der Waals surface area contributed by atoms with Crippen LogP contribution < -0.4 is 4.74 Å². The lowest BCUT2D eigenvalue weighted by Crippen LogP contribution is -2.27. The molecule has 1 aromatic rings. The van der Waals surface area contributed by atoms with Gasteiger partial charge in [0.05, 0.1) is 13.0 Å². The molecular weight excluding hydrogens is 180 g/mol. The summed E-state index contributed by atoms with van der Waals surface area (Å²) in [5.41, 5.74) is 0.630. The summed E-state index contributed by atoms with van der Waals surface area (Å²) in [4.78, 5) is 10.7. The zero-order valence-corrected chi connectivity index (χ0v) is 7.99. The molecule has 0 bridgehead atoms. The number of ether oxygens (including phenoxy) is 1. The van der Waals surface area contributed by atoms with Crippen LogP contribution in [-0.2, 0) is 10.2 Å². The monoisotopic (exact) mass is 192 g/mol. The Labute approximate surface area is 82.3 Å². The van der Waals surface area contributed by atoms with Gasteiger partial charge in [0, 0.05) is 11.0 Å². The summed E-state index contributed by atoms with van der Waals surface area (Å²) >= 11 is 0. The van der Waals surface area contributed by atoms with E-state index in [0.717, 1.165) is 11.3 Å². The normalized spacial score (nSPS) is 24.1. The molecule has 1 aromatic carbocycles. The maximum Gasteiger partial charge on any atom is 0.304 e. The highest BCUT2D eigenvalue weighted by Gasteiger charge is 2.37. The lowest BCUT2D eigenvalue weighted by molar-refractivity contribution is -0.138. The number of rotatable bonds is 2. The average Bonchev–Trinajstić information content (AvgIpc) is 2.44. The fourth-order valence-corrected chi connectivity index (χ4v) is 1.89. The molecule has 0 fully saturated rings. The summed E-state index contributed by atoms with van der Waals surface area (Å²) in [6.45, 7) is 2.38. The Morgan fingerprint density at radius 3 is 3.00 bits per heavy atom. The molecule has 1 heterocycles. The number of aliphatic carboxylic acids is 1. The molecule has 0 radical (unpaired) electrons. The predicted molar refractivity (Wildman–Crippen MR) is 51.5 cm³/mol. The zero-order valence-electron chi connectivity index (χ0n) is 7.99. The lowest BCUT2D eigenvalue weighted by Gasteiger charge is -2.19. The third kappa shape index (κ3) is 1.35. The Kier molecular flexibility index (Phi) is 1.95. The van der Waals surface area contributed by atoms with Crippen molar-refractivity contribution < 1.29 is 14.6 Å². The standard InChI is InChI=1S/C11H12O3/c1-11(6-10(12)13)7-14-9-5-3-2-4-8(9)11/h2-5H,6-7H2,1H3,(H,12,13). The average molecular weight is 192 g/mol. The quantitative estimate of drug-likeness (QED) is 0.777. The fraction of sp³-hybridized carbons (Fsp3) is 0.364. The molecule has 1 aliphatic heterocycles. The van der Waals surface area contributed by atoms with Crippen molar-refractivity contribution in [3.05, 3.63) is 29.8 Å². The second kappa shape index (κ2) is 3.01. The SMILES string of the molecule is CC1(CC(=O)O)COc2ccccc21. The molecule has 0 saturated heterocycles. The van der Waals surface area contributed by atoms with Gasteiger partial charge in [0.2, 0.25) is 0 Å². The van der Waals surface area contributed by atoms with Crippen LogP contribution in [0.4, 0.5) is 0 Å². The molecule has 1 unspecified atom stereocenters. The largest absolute Gasteiger partial charge is 0.492 e. The zero-order chi connectivity index (χ0) is 10.2. The number of benzene rings is 1. The topological polar surface area (TPSA) is 46.5 Å². The van der Waals surface area contributed by atoms with Crippen LogP contribution in [0, 0.1) is 0 Å². The van der Waals surface area contributed by atoms with Gasteiger partial charge < -0.3 is 9.84 Å². The summed E-state index contributed by atoms with van der Waals surface area (Å²) in [5.74, 6) is 0.0315. The summed E-state index contributed by atoms with van der Waals surface area (Å²) in [5, 5.41) is 8.81. The molecule has 0 aliphatic carbocycles. The highest BCUT2D eigenvalue weighted by molar-refractivity contribution is 5.70. The molecular formula is C11H12O3. The van der Waals surface area contributed by atoms with Crippen LogP contribution in [0.3, 0.4) is 0 Å². The second-order valence-electron chi connectivity index (χ2n) is 3.92. The number of para-hydroxylation sites is 1. The minimum Gasteiger partial charge on any atom is -0.492 e. The van der Waals surface area contributed by atoms with Crippen LogP contribution >= 0.6 is 0 Å². The smallest absolute Gasteiger partial charge is 0.304 e. The van der Waals surface area contributed by atoms with Gasteiger partial charge >= 0.3 is 5.97 Å². The van der Waals surface area contributed by atoms with E-state index in [-0.39, 0.29) is 11.8 Å². The predicted octanol–water partition coefficient (Wildman–Crippen LogP) is 1.81. The van der Waals surface area contributed by atoms with E-state index in [4.69, 9.17) is 9.84 Å². The molecule has 0 spiro atoms. The molecule has 14 heavy (non-hydrogen) atoms. The van der Waals surface area contributed by atoms with Gasteiger partial charge in [-0.15, -0.1) is 0 Å². The molecule has 1 N–H and O–H groups in total. The Morgan fingerprint density at radius 1 is 1.57 bits per heavy atom. The number of fused-ring (bicyclic) bond motifs is 1. The second-order valence-corrected chi connectivity index (χ2v) is 3.92. The molecule has 0 amide bonds. The van der Waals surface area contributed by atoms with Gasteiger partial charge in [-0.1, -0.05) is 25.1 Å². The lowest BCUT2D eigenvalue weighted by atomic mass is 9.81. The number of carboxylic acid groups (broad SMARTS) is 1. The number of carbonyl (C=O) groups is 1. The summed E-state index contributed by atoms with van der Waals surface area (Å²) in [6.07, 6.45) is 0.115. The first-order valence-corrected chi connectivity index (χ1v) is 4.56.